The SMILES string of the molecule is Cc1ccc(C)c(CC(=O)N(C)C2CC3CCC(C2)N3)c1.Cl. The Morgan fingerprint density at radius 2 is 1.86 bits per heavy atom. The first kappa shape index (κ1) is 17.3. The van der Waals surface area contributed by atoms with Crippen LogP contribution in [0, 0.1) is 13.8 Å². The molecule has 0 aromatic heterocycles. The molecule has 0 radical (unpaired) electrons. The van der Waals surface area contributed by atoms with Crippen LogP contribution in [0.3, 0.4) is 0 Å². The number of amides is 1. The lowest BCUT2D eigenvalue weighted by atomic mass is 9.97. The minimum atomic E-state index is 0. The second-order valence-electron chi connectivity index (χ2n) is 6.87. The summed E-state index contributed by atoms with van der Waals surface area (Å²) in [5.41, 5.74) is 3.61. The average Bonchev–Trinajstić information content (AvgIpc) is 2.80. The number of likely N-dealkylation sites (N-methyl/N-ethyl adjacent to an activating group) is 1. The molecule has 1 N–H and O–H groups in total. The first-order valence-corrected chi connectivity index (χ1v) is 8.11. The molecule has 1 aromatic rings. The van der Waals surface area contributed by atoms with Crippen LogP contribution < -0.4 is 5.32 Å². The van der Waals surface area contributed by atoms with E-state index in [1.165, 1.54) is 29.5 Å². The fourth-order valence-electron chi connectivity index (χ4n) is 3.83. The van der Waals surface area contributed by atoms with Crippen LogP contribution in [-0.2, 0) is 11.2 Å². The molecule has 2 atom stereocenters. The first-order valence-electron chi connectivity index (χ1n) is 8.11. The Morgan fingerprint density at radius 3 is 2.50 bits per heavy atom. The number of carbonyl (C=O) groups excluding carboxylic acids is 1. The second kappa shape index (κ2) is 7.01. The third-order valence-corrected chi connectivity index (χ3v) is 5.24. The van der Waals surface area contributed by atoms with E-state index >= 15 is 0 Å². The molecule has 3 rings (SSSR count). The lowest BCUT2D eigenvalue weighted by Crippen LogP contribution is -2.49. The fraction of sp³-hybridized carbons (Fsp3) is 0.611. The normalized spacial score (nSPS) is 26.4. The van der Waals surface area contributed by atoms with Gasteiger partial charge in [0.15, 0.2) is 0 Å². The zero-order valence-electron chi connectivity index (χ0n) is 13.8. The summed E-state index contributed by atoms with van der Waals surface area (Å²) < 4.78 is 0. The van der Waals surface area contributed by atoms with Crippen molar-refractivity contribution < 1.29 is 4.79 Å². The number of nitrogens with zero attached hydrogens (tertiary/aromatic N) is 1. The molecule has 2 unspecified atom stereocenters. The van der Waals surface area contributed by atoms with Gasteiger partial charge in [-0.25, -0.2) is 0 Å². The Kier molecular flexibility index (Phi) is 5.51. The molecule has 2 aliphatic heterocycles. The minimum absolute atomic E-state index is 0. The molecule has 0 aliphatic carbocycles. The van der Waals surface area contributed by atoms with Gasteiger partial charge in [0.05, 0.1) is 6.42 Å². The number of halogens is 1. The number of hydrogen-bond donors (Lipinski definition) is 1. The molecule has 2 aliphatic rings. The molecule has 3 nitrogen and oxygen atoms in total. The van der Waals surface area contributed by atoms with E-state index < -0.39 is 0 Å². The van der Waals surface area contributed by atoms with E-state index in [-0.39, 0.29) is 18.3 Å². The molecule has 0 saturated carbocycles. The van der Waals surface area contributed by atoms with Gasteiger partial charge in [0.1, 0.15) is 0 Å². The van der Waals surface area contributed by atoms with E-state index in [1.54, 1.807) is 0 Å². The summed E-state index contributed by atoms with van der Waals surface area (Å²) in [4.78, 5) is 14.6. The van der Waals surface area contributed by atoms with Crippen LogP contribution in [0.4, 0.5) is 0 Å². The summed E-state index contributed by atoms with van der Waals surface area (Å²) in [6, 6.07) is 8.05. The monoisotopic (exact) mass is 322 g/mol. The summed E-state index contributed by atoms with van der Waals surface area (Å²) in [6.45, 7) is 4.18. The smallest absolute Gasteiger partial charge is 0.226 e. The van der Waals surface area contributed by atoms with Gasteiger partial charge in [-0.1, -0.05) is 23.8 Å². The van der Waals surface area contributed by atoms with E-state index in [1.807, 2.05) is 11.9 Å². The lowest BCUT2D eigenvalue weighted by molar-refractivity contribution is -0.131. The summed E-state index contributed by atoms with van der Waals surface area (Å²) in [7, 11) is 1.99. The van der Waals surface area contributed by atoms with Crippen LogP contribution in [0.5, 0.6) is 0 Å². The molecule has 1 aromatic carbocycles. The van der Waals surface area contributed by atoms with Gasteiger partial charge in [0.2, 0.25) is 5.91 Å². The van der Waals surface area contributed by atoms with Gasteiger partial charge in [0.25, 0.3) is 0 Å². The molecular formula is C18H27ClN2O. The summed E-state index contributed by atoms with van der Waals surface area (Å²) in [6.07, 6.45) is 5.32. The van der Waals surface area contributed by atoms with Gasteiger partial charge in [-0.3, -0.25) is 4.79 Å². The van der Waals surface area contributed by atoms with Crippen molar-refractivity contribution in [3.63, 3.8) is 0 Å². The van der Waals surface area contributed by atoms with Crippen molar-refractivity contribution in [2.75, 3.05) is 7.05 Å². The van der Waals surface area contributed by atoms with E-state index in [0.717, 1.165) is 12.8 Å². The minimum Gasteiger partial charge on any atom is -0.342 e. The Balaban J connectivity index is 0.00000176. The second-order valence-corrected chi connectivity index (χ2v) is 6.87. The van der Waals surface area contributed by atoms with Crippen LogP contribution in [0.15, 0.2) is 18.2 Å². The molecule has 2 bridgehead atoms. The van der Waals surface area contributed by atoms with Crippen LogP contribution in [0.25, 0.3) is 0 Å². The van der Waals surface area contributed by atoms with Gasteiger partial charge in [0, 0.05) is 25.2 Å². The summed E-state index contributed by atoms with van der Waals surface area (Å²) in [5.74, 6) is 0.259. The predicted molar refractivity (Wildman–Crippen MR) is 92.6 cm³/mol. The average molecular weight is 323 g/mol. The summed E-state index contributed by atoms with van der Waals surface area (Å²) >= 11 is 0. The standard InChI is InChI=1S/C18H26N2O.ClH/c1-12-4-5-13(2)14(8-12)9-18(21)20(3)17-10-15-6-7-16(11-17)19-15;/h4-5,8,15-17,19H,6-7,9-11H2,1-3H3;1H. The molecular weight excluding hydrogens is 296 g/mol. The van der Waals surface area contributed by atoms with Crippen molar-refractivity contribution in [2.45, 2.75) is 64.1 Å². The number of piperidine rings is 1. The fourth-order valence-corrected chi connectivity index (χ4v) is 3.83. The molecule has 4 heteroatoms. The van der Waals surface area contributed by atoms with Gasteiger partial charge < -0.3 is 10.2 Å². The molecule has 0 spiro atoms. The molecule has 2 heterocycles. The molecule has 2 fully saturated rings. The van der Waals surface area contributed by atoms with Gasteiger partial charge >= 0.3 is 0 Å². The van der Waals surface area contributed by atoms with Gasteiger partial charge in [-0.2, -0.15) is 0 Å². The van der Waals surface area contributed by atoms with E-state index in [2.05, 4.69) is 37.4 Å². The van der Waals surface area contributed by atoms with Crippen molar-refractivity contribution >= 4 is 18.3 Å². The Bertz CT molecular complexity index is 534. The highest BCUT2D eigenvalue weighted by Crippen LogP contribution is 2.29. The zero-order chi connectivity index (χ0) is 15.0. The van der Waals surface area contributed by atoms with Crippen molar-refractivity contribution in [2.24, 2.45) is 0 Å². The van der Waals surface area contributed by atoms with E-state index in [4.69, 9.17) is 0 Å². The highest BCUT2D eigenvalue weighted by Gasteiger charge is 2.36. The van der Waals surface area contributed by atoms with Crippen LogP contribution in [0.2, 0.25) is 0 Å². The maximum Gasteiger partial charge on any atom is 0.226 e. The molecule has 2 saturated heterocycles. The Hall–Kier alpha value is -1.06. The van der Waals surface area contributed by atoms with E-state index in [9.17, 15) is 4.79 Å². The molecule has 122 valence electrons. The van der Waals surface area contributed by atoms with Crippen molar-refractivity contribution in [1.29, 1.82) is 0 Å². The maximum absolute atomic E-state index is 12.6. The Labute approximate surface area is 139 Å². The van der Waals surface area contributed by atoms with Crippen LogP contribution >= 0.6 is 12.4 Å². The molecule has 22 heavy (non-hydrogen) atoms. The first-order chi connectivity index (χ1) is 10.0. The number of fused-ring (bicyclic) bond motifs is 2. The number of nitrogens with one attached hydrogen (secondary N) is 1. The zero-order valence-corrected chi connectivity index (χ0v) is 14.6. The highest BCUT2D eigenvalue weighted by molar-refractivity contribution is 5.85. The number of carbonyl (C=O) groups is 1. The highest BCUT2D eigenvalue weighted by atomic mass is 35.5. The lowest BCUT2D eigenvalue weighted by Gasteiger charge is -2.35. The van der Waals surface area contributed by atoms with Crippen molar-refractivity contribution in [3.8, 4) is 0 Å². The predicted octanol–water partition coefficient (Wildman–Crippen LogP) is 3.01. The van der Waals surface area contributed by atoms with Crippen LogP contribution in [-0.4, -0.2) is 36.0 Å². The van der Waals surface area contributed by atoms with Gasteiger partial charge in [-0.05, 0) is 50.7 Å². The third-order valence-electron chi connectivity index (χ3n) is 5.24. The largest absolute Gasteiger partial charge is 0.342 e. The van der Waals surface area contributed by atoms with E-state index in [0.29, 0.717) is 24.5 Å². The van der Waals surface area contributed by atoms with Crippen LogP contribution in [0.1, 0.15) is 42.4 Å². The maximum atomic E-state index is 12.6. The molecule has 1 amide bonds. The summed E-state index contributed by atoms with van der Waals surface area (Å²) in [5, 5.41) is 3.64. The number of hydrogen-bond acceptors (Lipinski definition) is 2. The topological polar surface area (TPSA) is 32.3 Å². The van der Waals surface area contributed by atoms with Crippen molar-refractivity contribution in [1.82, 2.24) is 10.2 Å². The number of aryl methyl sites for hydroxylation is 2. The number of benzene rings is 1. The Morgan fingerprint density at radius 1 is 1.23 bits per heavy atom. The van der Waals surface area contributed by atoms with Gasteiger partial charge in [-0.15, -0.1) is 12.4 Å². The quantitative estimate of drug-likeness (QED) is 0.927. The third kappa shape index (κ3) is 3.64. The number of rotatable bonds is 3. The van der Waals surface area contributed by atoms with Crippen molar-refractivity contribution in [3.05, 3.63) is 34.9 Å².